The van der Waals surface area contributed by atoms with Gasteiger partial charge in [0.1, 0.15) is 11.8 Å². The van der Waals surface area contributed by atoms with Crippen molar-refractivity contribution < 1.29 is 4.74 Å². The fourth-order valence-corrected chi connectivity index (χ4v) is 2.28. The van der Waals surface area contributed by atoms with E-state index >= 15 is 0 Å². The normalized spacial score (nSPS) is 21.4. The number of nitrogens with zero attached hydrogens (tertiary/aromatic N) is 2. The van der Waals surface area contributed by atoms with Crippen LogP contribution in [-0.2, 0) is 4.74 Å². The second-order valence-corrected chi connectivity index (χ2v) is 4.57. The summed E-state index contributed by atoms with van der Waals surface area (Å²) in [6.45, 7) is 0.847. The molecule has 1 atom stereocenters. The number of ether oxygens (including phenoxy) is 1. The second kappa shape index (κ2) is 4.07. The van der Waals surface area contributed by atoms with Crippen LogP contribution in [-0.4, -0.2) is 16.0 Å². The Bertz CT molecular complexity index is 503. The van der Waals surface area contributed by atoms with Gasteiger partial charge in [0.05, 0.1) is 10.7 Å². The van der Waals surface area contributed by atoms with E-state index in [0.717, 1.165) is 35.8 Å². The van der Waals surface area contributed by atoms with Crippen LogP contribution in [0.2, 0.25) is 5.02 Å². The molecule has 1 saturated heterocycles. The zero-order valence-electron chi connectivity index (χ0n) is 8.90. The standard InChI is InChI=1S/C12H13ClN2O/c13-9-4-5-12-14-10(8-15(12)7-9)11-3-1-2-6-16-11/h4-5,7-8,11H,1-3,6H2. The average Bonchev–Trinajstić information content (AvgIpc) is 2.73. The number of pyridine rings is 1. The molecule has 1 aliphatic rings. The number of aromatic nitrogens is 2. The van der Waals surface area contributed by atoms with Crippen molar-refractivity contribution in [2.75, 3.05) is 6.61 Å². The number of fused-ring (bicyclic) bond motifs is 1. The van der Waals surface area contributed by atoms with E-state index < -0.39 is 0 Å². The van der Waals surface area contributed by atoms with Crippen LogP contribution >= 0.6 is 11.6 Å². The Balaban J connectivity index is 1.97. The maximum atomic E-state index is 5.93. The molecule has 0 N–H and O–H groups in total. The molecule has 1 fully saturated rings. The maximum absolute atomic E-state index is 5.93. The molecular formula is C12H13ClN2O. The average molecular weight is 237 g/mol. The zero-order chi connectivity index (χ0) is 11.0. The molecule has 0 radical (unpaired) electrons. The van der Waals surface area contributed by atoms with Crippen molar-refractivity contribution in [3.8, 4) is 0 Å². The van der Waals surface area contributed by atoms with Gasteiger partial charge >= 0.3 is 0 Å². The summed E-state index contributed by atoms with van der Waals surface area (Å²) in [6, 6.07) is 3.78. The lowest BCUT2D eigenvalue weighted by Gasteiger charge is -2.20. The van der Waals surface area contributed by atoms with Gasteiger partial charge in [0, 0.05) is 19.0 Å². The molecule has 16 heavy (non-hydrogen) atoms. The van der Waals surface area contributed by atoms with Crippen LogP contribution in [0.25, 0.3) is 5.65 Å². The first-order valence-electron chi connectivity index (χ1n) is 5.59. The molecule has 1 aliphatic heterocycles. The van der Waals surface area contributed by atoms with Gasteiger partial charge in [-0.15, -0.1) is 0 Å². The molecule has 0 aliphatic carbocycles. The first-order valence-corrected chi connectivity index (χ1v) is 5.96. The van der Waals surface area contributed by atoms with Crippen LogP contribution in [0.3, 0.4) is 0 Å². The van der Waals surface area contributed by atoms with E-state index in [2.05, 4.69) is 4.98 Å². The summed E-state index contributed by atoms with van der Waals surface area (Å²) in [5.41, 5.74) is 1.94. The lowest BCUT2D eigenvalue weighted by molar-refractivity contribution is 0.0126. The van der Waals surface area contributed by atoms with Gasteiger partial charge in [-0.1, -0.05) is 11.6 Å². The fraction of sp³-hybridized carbons (Fsp3) is 0.417. The third kappa shape index (κ3) is 1.81. The molecule has 3 heterocycles. The lowest BCUT2D eigenvalue weighted by atomic mass is 10.1. The molecule has 0 saturated carbocycles. The highest BCUT2D eigenvalue weighted by molar-refractivity contribution is 6.30. The predicted octanol–water partition coefficient (Wildman–Crippen LogP) is 3.23. The first kappa shape index (κ1) is 10.1. The zero-order valence-corrected chi connectivity index (χ0v) is 9.65. The van der Waals surface area contributed by atoms with E-state index in [9.17, 15) is 0 Å². The van der Waals surface area contributed by atoms with Crippen molar-refractivity contribution in [2.24, 2.45) is 0 Å². The summed E-state index contributed by atoms with van der Waals surface area (Å²) < 4.78 is 7.67. The molecular weight excluding hydrogens is 224 g/mol. The van der Waals surface area contributed by atoms with E-state index in [4.69, 9.17) is 16.3 Å². The van der Waals surface area contributed by atoms with E-state index in [1.54, 1.807) is 0 Å². The van der Waals surface area contributed by atoms with Gasteiger partial charge in [-0.2, -0.15) is 0 Å². The van der Waals surface area contributed by atoms with E-state index in [1.165, 1.54) is 6.42 Å². The molecule has 2 aromatic heterocycles. The number of hydrogen-bond donors (Lipinski definition) is 0. The van der Waals surface area contributed by atoms with Crippen LogP contribution in [0.15, 0.2) is 24.5 Å². The minimum absolute atomic E-state index is 0.160. The smallest absolute Gasteiger partial charge is 0.137 e. The Labute approximate surface area is 99.0 Å². The minimum Gasteiger partial charge on any atom is -0.372 e. The minimum atomic E-state index is 0.160. The third-order valence-electron chi connectivity index (χ3n) is 2.94. The fourth-order valence-electron chi connectivity index (χ4n) is 2.11. The SMILES string of the molecule is Clc1ccc2nc(C3CCCCO3)cn2c1. The second-order valence-electron chi connectivity index (χ2n) is 4.13. The molecule has 84 valence electrons. The Morgan fingerprint density at radius 2 is 2.25 bits per heavy atom. The van der Waals surface area contributed by atoms with Crippen molar-refractivity contribution in [1.29, 1.82) is 0 Å². The van der Waals surface area contributed by atoms with Crippen molar-refractivity contribution in [3.63, 3.8) is 0 Å². The monoisotopic (exact) mass is 236 g/mol. The van der Waals surface area contributed by atoms with Gasteiger partial charge in [-0.25, -0.2) is 4.98 Å². The Morgan fingerprint density at radius 3 is 3.06 bits per heavy atom. The molecule has 3 nitrogen and oxygen atoms in total. The van der Waals surface area contributed by atoms with Gasteiger partial charge in [0.2, 0.25) is 0 Å². The van der Waals surface area contributed by atoms with Crippen molar-refractivity contribution >= 4 is 17.2 Å². The molecule has 3 rings (SSSR count). The lowest BCUT2D eigenvalue weighted by Crippen LogP contribution is -2.11. The van der Waals surface area contributed by atoms with Crippen LogP contribution in [0.4, 0.5) is 0 Å². The predicted molar refractivity (Wildman–Crippen MR) is 62.7 cm³/mol. The highest BCUT2D eigenvalue weighted by Crippen LogP contribution is 2.27. The number of imidazole rings is 1. The highest BCUT2D eigenvalue weighted by atomic mass is 35.5. The summed E-state index contributed by atoms with van der Waals surface area (Å²) in [4.78, 5) is 4.56. The Kier molecular flexibility index (Phi) is 2.58. The van der Waals surface area contributed by atoms with E-state index in [1.807, 2.05) is 28.9 Å². The van der Waals surface area contributed by atoms with Crippen LogP contribution in [0.5, 0.6) is 0 Å². The molecule has 2 aromatic rings. The molecule has 4 heteroatoms. The van der Waals surface area contributed by atoms with E-state index in [-0.39, 0.29) is 6.10 Å². The highest BCUT2D eigenvalue weighted by Gasteiger charge is 2.18. The molecule has 0 bridgehead atoms. The summed E-state index contributed by atoms with van der Waals surface area (Å²) in [5, 5.41) is 0.723. The topological polar surface area (TPSA) is 26.5 Å². The van der Waals surface area contributed by atoms with Gasteiger partial charge in [-0.05, 0) is 31.4 Å². The number of rotatable bonds is 1. The molecule has 0 aromatic carbocycles. The summed E-state index contributed by atoms with van der Waals surface area (Å²) in [5.74, 6) is 0. The maximum Gasteiger partial charge on any atom is 0.137 e. The number of halogens is 1. The van der Waals surface area contributed by atoms with Gasteiger partial charge in [-0.3, -0.25) is 0 Å². The summed E-state index contributed by atoms with van der Waals surface area (Å²) >= 11 is 5.93. The molecule has 1 unspecified atom stereocenters. The van der Waals surface area contributed by atoms with Gasteiger partial charge < -0.3 is 9.14 Å². The van der Waals surface area contributed by atoms with Crippen molar-refractivity contribution in [1.82, 2.24) is 9.38 Å². The third-order valence-corrected chi connectivity index (χ3v) is 3.17. The van der Waals surface area contributed by atoms with Crippen LogP contribution in [0.1, 0.15) is 31.1 Å². The first-order chi connectivity index (χ1) is 7.83. The largest absolute Gasteiger partial charge is 0.372 e. The van der Waals surface area contributed by atoms with Crippen LogP contribution in [0, 0.1) is 0 Å². The van der Waals surface area contributed by atoms with Gasteiger partial charge in [0.25, 0.3) is 0 Å². The van der Waals surface area contributed by atoms with Crippen LogP contribution < -0.4 is 0 Å². The quantitative estimate of drug-likeness (QED) is 0.760. The molecule has 0 amide bonds. The Morgan fingerprint density at radius 1 is 1.31 bits per heavy atom. The summed E-state index contributed by atoms with van der Waals surface area (Å²) in [6.07, 6.45) is 7.49. The van der Waals surface area contributed by atoms with E-state index in [0.29, 0.717) is 0 Å². The van der Waals surface area contributed by atoms with Gasteiger partial charge in [0.15, 0.2) is 0 Å². The van der Waals surface area contributed by atoms with Crippen molar-refractivity contribution in [3.05, 3.63) is 35.2 Å². The Hall–Kier alpha value is -1.06. The summed E-state index contributed by atoms with van der Waals surface area (Å²) in [7, 11) is 0. The molecule has 0 spiro atoms. The number of hydrogen-bond acceptors (Lipinski definition) is 2. The van der Waals surface area contributed by atoms with Crippen molar-refractivity contribution in [2.45, 2.75) is 25.4 Å².